The van der Waals surface area contributed by atoms with Crippen LogP contribution < -0.4 is 5.32 Å². The fraction of sp³-hybridized carbons (Fsp3) is 0.706. The molecular weight excluding hydrogens is 246 g/mol. The number of pyridine rings is 1. The van der Waals surface area contributed by atoms with E-state index in [4.69, 9.17) is 0 Å². The van der Waals surface area contributed by atoms with Crippen LogP contribution in [0.1, 0.15) is 45.0 Å². The lowest BCUT2D eigenvalue weighted by Crippen LogP contribution is -2.56. The van der Waals surface area contributed by atoms with Gasteiger partial charge in [0.1, 0.15) is 0 Å². The van der Waals surface area contributed by atoms with E-state index in [0.29, 0.717) is 12.1 Å². The average molecular weight is 275 g/mol. The van der Waals surface area contributed by atoms with E-state index in [2.05, 4.69) is 61.1 Å². The number of nitrogens with zero attached hydrogens (tertiary/aromatic N) is 2. The molecule has 1 aliphatic heterocycles. The second-order valence-corrected chi connectivity index (χ2v) is 6.50. The maximum Gasteiger partial charge on any atom is 0.0547 e. The molecule has 1 aromatic rings. The molecule has 1 aliphatic rings. The average Bonchev–Trinajstić information content (AvgIpc) is 2.38. The Kier molecular flexibility index (Phi) is 5.55. The smallest absolute Gasteiger partial charge is 0.0547 e. The monoisotopic (exact) mass is 275 g/mol. The minimum Gasteiger partial charge on any atom is -0.311 e. The topological polar surface area (TPSA) is 28.2 Å². The van der Waals surface area contributed by atoms with Crippen LogP contribution in [0.5, 0.6) is 0 Å². The maximum atomic E-state index is 4.66. The minimum absolute atomic E-state index is 0.627. The highest BCUT2D eigenvalue weighted by atomic mass is 15.2. The Labute approximate surface area is 123 Å². The van der Waals surface area contributed by atoms with Crippen LogP contribution >= 0.6 is 0 Å². The van der Waals surface area contributed by atoms with Crippen molar-refractivity contribution in [2.75, 3.05) is 13.1 Å². The normalized spacial score (nSPS) is 24.2. The number of nitrogens with one attached hydrogen (secondary N) is 1. The lowest BCUT2D eigenvalue weighted by Gasteiger charge is -2.40. The fourth-order valence-corrected chi connectivity index (χ4v) is 3.15. The van der Waals surface area contributed by atoms with E-state index in [1.165, 1.54) is 18.5 Å². The first kappa shape index (κ1) is 15.5. The molecule has 0 spiro atoms. The molecule has 112 valence electrons. The van der Waals surface area contributed by atoms with Gasteiger partial charge in [-0.15, -0.1) is 0 Å². The molecule has 3 heteroatoms. The largest absolute Gasteiger partial charge is 0.311 e. The molecule has 1 aromatic heterocycles. The minimum atomic E-state index is 0.627. The number of aromatic nitrogens is 1. The standard InChI is InChI=1S/C17H29N3/c1-5-17-10-18-16(9-13(2)3)12-20(17)11-15-8-6-7-14(4)19-15/h6-8,13,16-18H,5,9-12H2,1-4H3. The zero-order chi connectivity index (χ0) is 14.5. The van der Waals surface area contributed by atoms with Gasteiger partial charge < -0.3 is 5.32 Å². The van der Waals surface area contributed by atoms with Crippen LogP contribution in [0.25, 0.3) is 0 Å². The van der Waals surface area contributed by atoms with Gasteiger partial charge in [0.2, 0.25) is 0 Å². The Hall–Kier alpha value is -0.930. The SMILES string of the molecule is CCC1CNC(CC(C)C)CN1Cc1cccc(C)n1. The fourth-order valence-electron chi connectivity index (χ4n) is 3.15. The van der Waals surface area contributed by atoms with Gasteiger partial charge in [0.25, 0.3) is 0 Å². The molecule has 0 aromatic carbocycles. The molecule has 0 saturated carbocycles. The van der Waals surface area contributed by atoms with Gasteiger partial charge in [0.15, 0.2) is 0 Å². The molecule has 2 heterocycles. The molecule has 20 heavy (non-hydrogen) atoms. The van der Waals surface area contributed by atoms with Crippen molar-refractivity contribution >= 4 is 0 Å². The van der Waals surface area contributed by atoms with Gasteiger partial charge in [0.05, 0.1) is 5.69 Å². The lowest BCUT2D eigenvalue weighted by atomic mass is 9.99. The number of hydrogen-bond donors (Lipinski definition) is 1. The van der Waals surface area contributed by atoms with Crippen LogP contribution in [-0.2, 0) is 6.54 Å². The number of aryl methyl sites for hydroxylation is 1. The predicted molar refractivity (Wildman–Crippen MR) is 84.7 cm³/mol. The van der Waals surface area contributed by atoms with Crippen LogP contribution in [0.15, 0.2) is 18.2 Å². The lowest BCUT2D eigenvalue weighted by molar-refractivity contribution is 0.110. The second kappa shape index (κ2) is 7.19. The maximum absolute atomic E-state index is 4.66. The zero-order valence-corrected chi connectivity index (χ0v) is 13.4. The van der Waals surface area contributed by atoms with Crippen molar-refractivity contribution in [1.29, 1.82) is 0 Å². The number of piperazine rings is 1. The van der Waals surface area contributed by atoms with E-state index in [9.17, 15) is 0 Å². The molecule has 0 aliphatic carbocycles. The summed E-state index contributed by atoms with van der Waals surface area (Å²) in [6.07, 6.45) is 2.46. The van der Waals surface area contributed by atoms with Crippen molar-refractivity contribution in [2.45, 2.75) is 59.2 Å². The summed E-state index contributed by atoms with van der Waals surface area (Å²) in [5.41, 5.74) is 2.32. The summed E-state index contributed by atoms with van der Waals surface area (Å²) < 4.78 is 0. The van der Waals surface area contributed by atoms with Gasteiger partial charge in [0, 0.05) is 37.4 Å². The summed E-state index contributed by atoms with van der Waals surface area (Å²) in [5, 5.41) is 3.72. The molecule has 1 saturated heterocycles. The molecule has 3 nitrogen and oxygen atoms in total. The summed E-state index contributed by atoms with van der Waals surface area (Å²) in [7, 11) is 0. The van der Waals surface area contributed by atoms with E-state index in [1.807, 2.05) is 0 Å². The highest BCUT2D eigenvalue weighted by Gasteiger charge is 2.27. The van der Waals surface area contributed by atoms with E-state index >= 15 is 0 Å². The van der Waals surface area contributed by atoms with Crippen molar-refractivity contribution in [3.8, 4) is 0 Å². The Morgan fingerprint density at radius 2 is 2.20 bits per heavy atom. The van der Waals surface area contributed by atoms with E-state index in [1.54, 1.807) is 0 Å². The summed E-state index contributed by atoms with van der Waals surface area (Å²) in [6.45, 7) is 12.2. The van der Waals surface area contributed by atoms with Crippen molar-refractivity contribution in [2.24, 2.45) is 5.92 Å². The molecular formula is C17H29N3. The first-order valence-corrected chi connectivity index (χ1v) is 7.98. The summed E-state index contributed by atoms with van der Waals surface area (Å²) in [6, 6.07) is 7.61. The molecule has 0 bridgehead atoms. The number of rotatable bonds is 5. The van der Waals surface area contributed by atoms with Crippen LogP contribution in [-0.4, -0.2) is 35.1 Å². The van der Waals surface area contributed by atoms with Crippen molar-refractivity contribution in [3.63, 3.8) is 0 Å². The molecule has 0 radical (unpaired) electrons. The Balaban J connectivity index is 2.01. The molecule has 1 fully saturated rings. The molecule has 2 rings (SSSR count). The third-order valence-electron chi connectivity index (χ3n) is 4.15. The van der Waals surface area contributed by atoms with Crippen molar-refractivity contribution < 1.29 is 0 Å². The molecule has 0 amide bonds. The highest BCUT2D eigenvalue weighted by Crippen LogP contribution is 2.17. The highest BCUT2D eigenvalue weighted by molar-refractivity contribution is 5.10. The van der Waals surface area contributed by atoms with Crippen LogP contribution in [0.3, 0.4) is 0 Å². The van der Waals surface area contributed by atoms with E-state index < -0.39 is 0 Å². The summed E-state index contributed by atoms with van der Waals surface area (Å²) >= 11 is 0. The van der Waals surface area contributed by atoms with E-state index in [0.717, 1.165) is 31.2 Å². The van der Waals surface area contributed by atoms with Gasteiger partial charge in [-0.3, -0.25) is 9.88 Å². The Bertz CT molecular complexity index is 416. The van der Waals surface area contributed by atoms with Gasteiger partial charge in [-0.05, 0) is 37.8 Å². The van der Waals surface area contributed by atoms with Crippen LogP contribution in [0.4, 0.5) is 0 Å². The van der Waals surface area contributed by atoms with Gasteiger partial charge in [-0.2, -0.15) is 0 Å². The Morgan fingerprint density at radius 3 is 2.85 bits per heavy atom. The Morgan fingerprint density at radius 1 is 1.40 bits per heavy atom. The summed E-state index contributed by atoms with van der Waals surface area (Å²) in [5.74, 6) is 0.754. The summed E-state index contributed by atoms with van der Waals surface area (Å²) in [4.78, 5) is 7.28. The van der Waals surface area contributed by atoms with Crippen molar-refractivity contribution in [1.82, 2.24) is 15.2 Å². The van der Waals surface area contributed by atoms with Gasteiger partial charge in [-0.1, -0.05) is 26.8 Å². The molecule has 2 unspecified atom stereocenters. The van der Waals surface area contributed by atoms with Crippen LogP contribution in [0, 0.1) is 12.8 Å². The third kappa shape index (κ3) is 4.29. The van der Waals surface area contributed by atoms with E-state index in [-0.39, 0.29) is 0 Å². The van der Waals surface area contributed by atoms with Gasteiger partial charge in [-0.25, -0.2) is 0 Å². The van der Waals surface area contributed by atoms with Crippen molar-refractivity contribution in [3.05, 3.63) is 29.6 Å². The third-order valence-corrected chi connectivity index (χ3v) is 4.15. The molecule has 2 atom stereocenters. The first-order chi connectivity index (χ1) is 9.58. The number of hydrogen-bond acceptors (Lipinski definition) is 3. The zero-order valence-electron chi connectivity index (χ0n) is 13.4. The quantitative estimate of drug-likeness (QED) is 0.895. The van der Waals surface area contributed by atoms with Gasteiger partial charge >= 0.3 is 0 Å². The van der Waals surface area contributed by atoms with Crippen LogP contribution in [0.2, 0.25) is 0 Å². The second-order valence-electron chi connectivity index (χ2n) is 6.50. The first-order valence-electron chi connectivity index (χ1n) is 7.98. The molecule has 1 N–H and O–H groups in total. The predicted octanol–water partition coefficient (Wildman–Crippen LogP) is 2.99.